The predicted molar refractivity (Wildman–Crippen MR) is 73.7 cm³/mol. The number of benzene rings is 1. The number of nitrogens with zero attached hydrogens (tertiary/aromatic N) is 2. The predicted octanol–water partition coefficient (Wildman–Crippen LogP) is 1.84. The molecule has 0 bridgehead atoms. The highest BCUT2D eigenvalue weighted by Crippen LogP contribution is 2.24. The maximum Gasteiger partial charge on any atom is 0.263 e. The fourth-order valence-electron chi connectivity index (χ4n) is 1.97. The van der Waals surface area contributed by atoms with Crippen LogP contribution >= 0.6 is 11.6 Å². The molecule has 1 atom stereocenters. The molecule has 0 radical (unpaired) electrons. The number of nitriles is 1. The number of morpholine rings is 1. The summed E-state index contributed by atoms with van der Waals surface area (Å²) in [5, 5.41) is 9.49. The standard InChI is InChI=1S/C14H15ClN2O3/c1-10(14(18)17-4-6-19-7-5-17)20-13-8-12(15)3-2-11(13)9-16/h2-3,8,10H,4-7H2,1H3. The first-order valence-corrected chi connectivity index (χ1v) is 6.72. The zero-order valence-corrected chi connectivity index (χ0v) is 11.9. The van der Waals surface area contributed by atoms with Gasteiger partial charge in [0.2, 0.25) is 0 Å². The Labute approximate surface area is 122 Å². The van der Waals surface area contributed by atoms with Gasteiger partial charge in [-0.25, -0.2) is 0 Å². The molecule has 6 heteroatoms. The Balaban J connectivity index is 2.07. The van der Waals surface area contributed by atoms with E-state index in [0.29, 0.717) is 42.6 Å². The monoisotopic (exact) mass is 294 g/mol. The third-order valence-corrected chi connectivity index (χ3v) is 3.27. The lowest BCUT2D eigenvalue weighted by molar-refractivity contribution is -0.142. The first kappa shape index (κ1) is 14.6. The molecule has 0 spiro atoms. The molecular weight excluding hydrogens is 280 g/mol. The molecule has 2 rings (SSSR count). The first-order valence-electron chi connectivity index (χ1n) is 6.34. The van der Waals surface area contributed by atoms with Gasteiger partial charge in [0.05, 0.1) is 18.8 Å². The molecule has 1 heterocycles. The van der Waals surface area contributed by atoms with Crippen LogP contribution in [0, 0.1) is 11.3 Å². The second-order valence-electron chi connectivity index (χ2n) is 4.45. The molecule has 0 aliphatic carbocycles. The Bertz CT molecular complexity index is 536. The van der Waals surface area contributed by atoms with Crippen LogP contribution < -0.4 is 4.74 Å². The fourth-order valence-corrected chi connectivity index (χ4v) is 2.13. The zero-order valence-electron chi connectivity index (χ0n) is 11.1. The van der Waals surface area contributed by atoms with Crippen molar-refractivity contribution in [1.82, 2.24) is 4.90 Å². The van der Waals surface area contributed by atoms with Gasteiger partial charge in [0.15, 0.2) is 6.10 Å². The number of hydrogen-bond donors (Lipinski definition) is 0. The van der Waals surface area contributed by atoms with E-state index in [9.17, 15) is 4.79 Å². The number of carbonyl (C=O) groups is 1. The molecule has 20 heavy (non-hydrogen) atoms. The van der Waals surface area contributed by atoms with Crippen LogP contribution in [0.25, 0.3) is 0 Å². The summed E-state index contributed by atoms with van der Waals surface area (Å²) in [6.07, 6.45) is -0.668. The number of hydrogen-bond acceptors (Lipinski definition) is 4. The topological polar surface area (TPSA) is 62.6 Å². The Kier molecular flexibility index (Phi) is 4.83. The summed E-state index contributed by atoms with van der Waals surface area (Å²) in [5.41, 5.74) is 0.357. The molecule has 1 unspecified atom stereocenters. The lowest BCUT2D eigenvalue weighted by atomic mass is 10.2. The summed E-state index contributed by atoms with van der Waals surface area (Å²) in [6.45, 7) is 3.87. The van der Waals surface area contributed by atoms with Gasteiger partial charge in [-0.05, 0) is 19.1 Å². The van der Waals surface area contributed by atoms with Crippen molar-refractivity contribution in [3.05, 3.63) is 28.8 Å². The Hall–Kier alpha value is -1.77. The number of carbonyl (C=O) groups excluding carboxylic acids is 1. The van der Waals surface area contributed by atoms with E-state index >= 15 is 0 Å². The van der Waals surface area contributed by atoms with E-state index in [0.717, 1.165) is 0 Å². The maximum absolute atomic E-state index is 12.2. The molecular formula is C14H15ClN2O3. The van der Waals surface area contributed by atoms with Crippen LogP contribution in [-0.2, 0) is 9.53 Å². The summed E-state index contributed by atoms with van der Waals surface area (Å²) >= 11 is 5.88. The highest BCUT2D eigenvalue weighted by atomic mass is 35.5. The lowest BCUT2D eigenvalue weighted by Gasteiger charge is -2.29. The van der Waals surface area contributed by atoms with Crippen LogP contribution in [0.1, 0.15) is 12.5 Å². The van der Waals surface area contributed by atoms with Gasteiger partial charge in [-0.15, -0.1) is 0 Å². The van der Waals surface area contributed by atoms with E-state index < -0.39 is 6.10 Å². The summed E-state index contributed by atoms with van der Waals surface area (Å²) in [5.74, 6) is 0.214. The van der Waals surface area contributed by atoms with Gasteiger partial charge >= 0.3 is 0 Å². The van der Waals surface area contributed by atoms with Crippen molar-refractivity contribution in [2.24, 2.45) is 0 Å². The SMILES string of the molecule is CC(Oc1cc(Cl)ccc1C#N)C(=O)N1CCOCC1. The second kappa shape index (κ2) is 6.60. The van der Waals surface area contributed by atoms with Crippen LogP contribution in [-0.4, -0.2) is 43.2 Å². The number of rotatable bonds is 3. The minimum Gasteiger partial charge on any atom is -0.479 e. The van der Waals surface area contributed by atoms with Gasteiger partial charge < -0.3 is 14.4 Å². The van der Waals surface area contributed by atoms with E-state index in [1.54, 1.807) is 30.0 Å². The van der Waals surface area contributed by atoms with Crippen molar-refractivity contribution in [2.45, 2.75) is 13.0 Å². The molecule has 1 aromatic carbocycles. The zero-order chi connectivity index (χ0) is 14.5. The molecule has 1 aliphatic heterocycles. The molecule has 0 aromatic heterocycles. The van der Waals surface area contributed by atoms with Crippen molar-refractivity contribution in [3.8, 4) is 11.8 Å². The third kappa shape index (κ3) is 3.41. The first-order chi connectivity index (χ1) is 9.61. The Morgan fingerprint density at radius 1 is 1.50 bits per heavy atom. The molecule has 1 fully saturated rings. The third-order valence-electron chi connectivity index (χ3n) is 3.04. The molecule has 1 saturated heterocycles. The van der Waals surface area contributed by atoms with Crippen molar-refractivity contribution < 1.29 is 14.3 Å². The molecule has 106 valence electrons. The highest BCUT2D eigenvalue weighted by Gasteiger charge is 2.24. The van der Waals surface area contributed by atoms with Gasteiger partial charge in [-0.3, -0.25) is 4.79 Å². The van der Waals surface area contributed by atoms with E-state index in [1.807, 2.05) is 6.07 Å². The Morgan fingerprint density at radius 3 is 2.85 bits per heavy atom. The van der Waals surface area contributed by atoms with Crippen LogP contribution in [0.15, 0.2) is 18.2 Å². The summed E-state index contributed by atoms with van der Waals surface area (Å²) in [7, 11) is 0. The van der Waals surface area contributed by atoms with Crippen molar-refractivity contribution in [3.63, 3.8) is 0 Å². The molecule has 1 amide bonds. The molecule has 1 aromatic rings. The van der Waals surface area contributed by atoms with E-state index in [4.69, 9.17) is 26.3 Å². The van der Waals surface area contributed by atoms with E-state index in [2.05, 4.69) is 0 Å². The molecule has 0 saturated carbocycles. The highest BCUT2D eigenvalue weighted by molar-refractivity contribution is 6.30. The lowest BCUT2D eigenvalue weighted by Crippen LogP contribution is -2.46. The average Bonchev–Trinajstić information content (AvgIpc) is 2.47. The second-order valence-corrected chi connectivity index (χ2v) is 4.89. The van der Waals surface area contributed by atoms with E-state index in [1.165, 1.54) is 0 Å². The van der Waals surface area contributed by atoms with Gasteiger partial charge in [0.1, 0.15) is 11.8 Å². The average molecular weight is 295 g/mol. The van der Waals surface area contributed by atoms with Gasteiger partial charge in [0.25, 0.3) is 5.91 Å². The minimum absolute atomic E-state index is 0.114. The minimum atomic E-state index is -0.668. The van der Waals surface area contributed by atoms with Crippen LogP contribution in [0.3, 0.4) is 0 Å². The maximum atomic E-state index is 12.2. The van der Waals surface area contributed by atoms with Gasteiger partial charge in [-0.1, -0.05) is 11.6 Å². The summed E-state index contributed by atoms with van der Waals surface area (Å²) < 4.78 is 10.8. The van der Waals surface area contributed by atoms with Crippen LogP contribution in [0.5, 0.6) is 5.75 Å². The van der Waals surface area contributed by atoms with E-state index in [-0.39, 0.29) is 5.91 Å². The normalized spacial score (nSPS) is 16.4. The van der Waals surface area contributed by atoms with Gasteiger partial charge in [0, 0.05) is 24.2 Å². The molecule has 5 nitrogen and oxygen atoms in total. The quantitative estimate of drug-likeness (QED) is 0.853. The number of halogens is 1. The van der Waals surface area contributed by atoms with Gasteiger partial charge in [-0.2, -0.15) is 5.26 Å². The van der Waals surface area contributed by atoms with Crippen molar-refractivity contribution >= 4 is 17.5 Å². The largest absolute Gasteiger partial charge is 0.479 e. The number of ether oxygens (including phenoxy) is 2. The molecule has 1 aliphatic rings. The summed E-state index contributed by atoms with van der Waals surface area (Å²) in [4.78, 5) is 13.9. The number of amides is 1. The van der Waals surface area contributed by atoms with Crippen molar-refractivity contribution in [2.75, 3.05) is 26.3 Å². The fraction of sp³-hybridized carbons (Fsp3) is 0.429. The Morgan fingerprint density at radius 2 is 2.20 bits per heavy atom. The molecule has 0 N–H and O–H groups in total. The van der Waals surface area contributed by atoms with Crippen LogP contribution in [0.2, 0.25) is 5.02 Å². The van der Waals surface area contributed by atoms with Crippen molar-refractivity contribution in [1.29, 1.82) is 5.26 Å². The summed E-state index contributed by atoms with van der Waals surface area (Å²) in [6, 6.07) is 6.75. The van der Waals surface area contributed by atoms with Crippen LogP contribution in [0.4, 0.5) is 0 Å². The smallest absolute Gasteiger partial charge is 0.263 e.